The van der Waals surface area contributed by atoms with Gasteiger partial charge in [-0.1, -0.05) is 6.92 Å². The third kappa shape index (κ3) is 4.67. The highest BCUT2D eigenvalue weighted by atomic mass is 32.2. The molecule has 0 aromatic carbocycles. The van der Waals surface area contributed by atoms with Gasteiger partial charge >= 0.3 is 0 Å². The Morgan fingerprint density at radius 2 is 2.13 bits per heavy atom. The minimum absolute atomic E-state index is 0.0321. The van der Waals surface area contributed by atoms with Crippen molar-refractivity contribution in [2.24, 2.45) is 5.92 Å². The lowest BCUT2D eigenvalue weighted by Crippen LogP contribution is -2.36. The van der Waals surface area contributed by atoms with Crippen molar-refractivity contribution in [3.8, 4) is 0 Å². The number of sulfone groups is 1. The van der Waals surface area contributed by atoms with Gasteiger partial charge in [0.2, 0.25) is 5.91 Å². The number of fused-ring (bicyclic) bond motifs is 1. The van der Waals surface area contributed by atoms with Crippen molar-refractivity contribution in [2.45, 2.75) is 38.6 Å². The maximum atomic E-state index is 13.1. The monoisotopic (exact) mass is 448 g/mol. The summed E-state index contributed by atoms with van der Waals surface area (Å²) in [6, 6.07) is 3.09. The predicted octanol–water partition coefficient (Wildman–Crippen LogP) is 3.03. The molecule has 2 aromatic rings. The molecule has 2 N–H and O–H groups in total. The van der Waals surface area contributed by atoms with Crippen molar-refractivity contribution in [3.05, 3.63) is 46.2 Å². The number of anilines is 1. The third-order valence-electron chi connectivity index (χ3n) is 5.49. The minimum atomic E-state index is -3.09. The van der Waals surface area contributed by atoms with Crippen LogP contribution in [-0.4, -0.2) is 37.8 Å². The number of hydrogen-bond donors (Lipinski definition) is 2. The van der Waals surface area contributed by atoms with Gasteiger partial charge in [-0.3, -0.25) is 9.59 Å². The highest BCUT2D eigenvalue weighted by molar-refractivity contribution is 7.91. The first-order valence-electron chi connectivity index (χ1n) is 9.99. The zero-order valence-corrected chi connectivity index (χ0v) is 18.3. The molecule has 2 aromatic heterocycles. The van der Waals surface area contributed by atoms with Gasteiger partial charge in [0.15, 0.2) is 9.84 Å². The van der Waals surface area contributed by atoms with Gasteiger partial charge in [0.1, 0.15) is 10.8 Å². The summed E-state index contributed by atoms with van der Waals surface area (Å²) < 4.78 is 28.7. The van der Waals surface area contributed by atoms with Gasteiger partial charge in [-0.2, -0.15) is 0 Å². The van der Waals surface area contributed by atoms with Gasteiger partial charge in [-0.05, 0) is 55.4 Å². The van der Waals surface area contributed by atoms with Crippen molar-refractivity contribution in [1.82, 2.24) is 5.32 Å². The summed E-state index contributed by atoms with van der Waals surface area (Å²) in [5, 5.41) is 6.22. The molecule has 0 saturated carbocycles. The van der Waals surface area contributed by atoms with Gasteiger partial charge < -0.3 is 15.1 Å². The molecule has 7 nitrogen and oxygen atoms in total. The number of thiophene rings is 1. The van der Waals surface area contributed by atoms with Gasteiger partial charge in [0, 0.05) is 17.0 Å². The van der Waals surface area contributed by atoms with Crippen LogP contribution in [0.2, 0.25) is 0 Å². The van der Waals surface area contributed by atoms with E-state index in [0.29, 0.717) is 28.7 Å². The molecule has 3 heterocycles. The van der Waals surface area contributed by atoms with Crippen LogP contribution in [0.25, 0.3) is 6.08 Å². The number of nitrogens with one attached hydrogen (secondary N) is 2. The Labute approximate surface area is 179 Å². The maximum absolute atomic E-state index is 13.1. The number of carbonyl (C=O) groups excluding carboxylic acids is 2. The molecule has 9 heteroatoms. The molecule has 1 saturated heterocycles. The quantitative estimate of drug-likeness (QED) is 0.684. The topological polar surface area (TPSA) is 105 Å². The molecule has 30 heavy (non-hydrogen) atoms. The van der Waals surface area contributed by atoms with Crippen molar-refractivity contribution in [3.63, 3.8) is 0 Å². The number of amides is 2. The number of hydrogen-bond acceptors (Lipinski definition) is 6. The van der Waals surface area contributed by atoms with E-state index in [1.54, 1.807) is 18.2 Å². The van der Waals surface area contributed by atoms with Gasteiger partial charge in [0.25, 0.3) is 5.91 Å². The highest BCUT2D eigenvalue weighted by Gasteiger charge is 2.32. The standard InChI is InChI=1S/C21H24N2O5S2/c1-13-4-6-16-17(11-13)29-21(23-18(24)7-5-15-3-2-9-28-15)19(16)20(25)22-14-8-10-30(26,27)12-14/h2-3,5,7,9,13-14H,4,6,8,10-12H2,1H3,(H,22,25)(H,23,24)/b7-5+. The molecule has 4 rings (SSSR count). The van der Waals surface area contributed by atoms with E-state index in [9.17, 15) is 18.0 Å². The second-order valence-electron chi connectivity index (χ2n) is 7.97. The molecule has 2 aliphatic rings. The van der Waals surface area contributed by atoms with Crippen LogP contribution in [0.5, 0.6) is 0 Å². The fourth-order valence-corrected chi connectivity index (χ4v) is 7.03. The van der Waals surface area contributed by atoms with E-state index in [-0.39, 0.29) is 29.4 Å². The SMILES string of the molecule is CC1CCc2c(sc(NC(=O)/C=C/c3ccco3)c2C(=O)NC2CCS(=O)(=O)C2)C1. The van der Waals surface area contributed by atoms with Crippen LogP contribution in [0.3, 0.4) is 0 Å². The Kier molecular flexibility index (Phi) is 5.84. The van der Waals surface area contributed by atoms with Gasteiger partial charge in [0.05, 0.1) is 23.3 Å². The molecule has 1 fully saturated rings. The van der Waals surface area contributed by atoms with E-state index in [2.05, 4.69) is 17.6 Å². The van der Waals surface area contributed by atoms with Crippen LogP contribution in [0, 0.1) is 5.92 Å². The summed E-state index contributed by atoms with van der Waals surface area (Å²) in [5.41, 5.74) is 1.45. The van der Waals surface area contributed by atoms with E-state index in [4.69, 9.17) is 4.42 Å². The number of rotatable bonds is 5. The zero-order valence-electron chi connectivity index (χ0n) is 16.6. The van der Waals surface area contributed by atoms with Crippen LogP contribution >= 0.6 is 11.3 Å². The van der Waals surface area contributed by atoms with Crippen LogP contribution < -0.4 is 10.6 Å². The lowest BCUT2D eigenvalue weighted by molar-refractivity contribution is -0.111. The van der Waals surface area contributed by atoms with Crippen molar-refractivity contribution < 1.29 is 22.4 Å². The Balaban J connectivity index is 1.56. The summed E-state index contributed by atoms with van der Waals surface area (Å²) in [5.74, 6) is 0.484. The van der Waals surface area contributed by atoms with Crippen molar-refractivity contribution in [1.29, 1.82) is 0 Å². The van der Waals surface area contributed by atoms with Crippen molar-refractivity contribution in [2.75, 3.05) is 16.8 Å². The van der Waals surface area contributed by atoms with E-state index in [1.165, 1.54) is 23.7 Å². The Bertz CT molecular complexity index is 1080. The van der Waals surface area contributed by atoms with E-state index < -0.39 is 9.84 Å². The first kappa shape index (κ1) is 20.9. The van der Waals surface area contributed by atoms with E-state index in [1.807, 2.05) is 0 Å². The molecule has 1 aliphatic heterocycles. The fraction of sp³-hybridized carbons (Fsp3) is 0.429. The second kappa shape index (κ2) is 8.39. The lowest BCUT2D eigenvalue weighted by Gasteiger charge is -2.19. The number of furan rings is 1. The van der Waals surface area contributed by atoms with E-state index in [0.717, 1.165) is 29.7 Å². The van der Waals surface area contributed by atoms with Crippen LogP contribution in [0.1, 0.15) is 46.3 Å². The predicted molar refractivity (Wildman–Crippen MR) is 116 cm³/mol. The largest absolute Gasteiger partial charge is 0.465 e. The van der Waals surface area contributed by atoms with E-state index >= 15 is 0 Å². The number of carbonyl (C=O) groups is 2. The Morgan fingerprint density at radius 1 is 1.30 bits per heavy atom. The normalized spacial score (nSPS) is 22.7. The Morgan fingerprint density at radius 3 is 2.83 bits per heavy atom. The fourth-order valence-electron chi connectivity index (χ4n) is 3.94. The molecule has 0 bridgehead atoms. The Hall–Kier alpha value is -2.39. The molecule has 2 atom stereocenters. The molecular formula is C21H24N2O5S2. The van der Waals surface area contributed by atoms with Crippen LogP contribution in [0.15, 0.2) is 28.9 Å². The summed E-state index contributed by atoms with van der Waals surface area (Å²) in [6.45, 7) is 2.18. The van der Waals surface area contributed by atoms with Gasteiger partial charge in [-0.25, -0.2) is 8.42 Å². The highest BCUT2D eigenvalue weighted by Crippen LogP contribution is 2.39. The molecule has 160 valence electrons. The third-order valence-corrected chi connectivity index (χ3v) is 8.42. The van der Waals surface area contributed by atoms with Crippen molar-refractivity contribution >= 4 is 44.1 Å². The first-order valence-corrected chi connectivity index (χ1v) is 12.6. The summed E-state index contributed by atoms with van der Waals surface area (Å²) >= 11 is 1.44. The maximum Gasteiger partial charge on any atom is 0.254 e. The second-order valence-corrected chi connectivity index (χ2v) is 11.3. The average molecular weight is 449 g/mol. The molecule has 1 aliphatic carbocycles. The van der Waals surface area contributed by atoms with Crippen LogP contribution in [-0.2, 0) is 27.5 Å². The molecule has 0 spiro atoms. The molecule has 2 amide bonds. The van der Waals surface area contributed by atoms with Crippen LogP contribution in [0.4, 0.5) is 5.00 Å². The summed E-state index contributed by atoms with van der Waals surface area (Å²) in [7, 11) is -3.09. The lowest BCUT2D eigenvalue weighted by atomic mass is 9.88. The minimum Gasteiger partial charge on any atom is -0.465 e. The molecule has 2 unspecified atom stereocenters. The first-order chi connectivity index (χ1) is 14.3. The smallest absolute Gasteiger partial charge is 0.254 e. The zero-order chi connectivity index (χ0) is 21.3. The molecular weight excluding hydrogens is 424 g/mol. The molecule has 0 radical (unpaired) electrons. The average Bonchev–Trinajstić information content (AvgIpc) is 3.38. The summed E-state index contributed by atoms with van der Waals surface area (Å²) in [6.07, 6.45) is 7.50. The summed E-state index contributed by atoms with van der Waals surface area (Å²) in [4.78, 5) is 26.6. The van der Waals surface area contributed by atoms with Gasteiger partial charge in [-0.15, -0.1) is 11.3 Å².